The fourth-order valence-electron chi connectivity index (χ4n) is 3.58. The van der Waals surface area contributed by atoms with Gasteiger partial charge in [0, 0.05) is 31.5 Å². The molecule has 1 aliphatic rings. The van der Waals surface area contributed by atoms with Crippen molar-refractivity contribution in [1.29, 1.82) is 0 Å². The molecule has 1 N–H and O–H groups in total. The first-order valence-electron chi connectivity index (χ1n) is 10.2. The minimum atomic E-state index is -0.736. The molecule has 8 nitrogen and oxygen atoms in total. The van der Waals surface area contributed by atoms with Crippen LogP contribution in [0.5, 0.6) is 0 Å². The quantitative estimate of drug-likeness (QED) is 0.536. The van der Waals surface area contributed by atoms with Crippen LogP contribution in [-0.4, -0.2) is 33.5 Å². The van der Waals surface area contributed by atoms with Crippen LogP contribution in [0.25, 0.3) is 0 Å². The van der Waals surface area contributed by atoms with E-state index in [4.69, 9.17) is 9.47 Å². The van der Waals surface area contributed by atoms with Gasteiger partial charge in [0.1, 0.15) is 18.4 Å². The molecule has 31 heavy (non-hydrogen) atoms. The van der Waals surface area contributed by atoms with Gasteiger partial charge in [0.2, 0.25) is 0 Å². The maximum atomic E-state index is 12.4. The predicted molar refractivity (Wildman–Crippen MR) is 114 cm³/mol. The fourth-order valence-corrected chi connectivity index (χ4v) is 3.58. The van der Waals surface area contributed by atoms with Crippen LogP contribution in [0.1, 0.15) is 43.2 Å². The van der Waals surface area contributed by atoms with Gasteiger partial charge < -0.3 is 9.47 Å². The number of ether oxygens (including phenoxy) is 2. The number of esters is 1. The number of aromatic nitrogens is 2. The van der Waals surface area contributed by atoms with Crippen molar-refractivity contribution in [3.8, 4) is 0 Å². The number of carbonyl (C=O) groups is 2. The summed E-state index contributed by atoms with van der Waals surface area (Å²) in [5.41, 5.74) is 1.37. The molecule has 2 heterocycles. The molecule has 3 rings (SSSR count). The third kappa shape index (κ3) is 5.46. The molecule has 0 spiro atoms. The van der Waals surface area contributed by atoms with Crippen LogP contribution in [0, 0.1) is 6.92 Å². The van der Waals surface area contributed by atoms with E-state index >= 15 is 0 Å². The van der Waals surface area contributed by atoms with Crippen LogP contribution in [0.15, 0.2) is 52.2 Å². The van der Waals surface area contributed by atoms with Crippen LogP contribution in [0.4, 0.5) is 0 Å². The topological polar surface area (TPSA) is 107 Å². The number of nitrogens with one attached hydrogen (secondary N) is 1. The molecule has 0 aliphatic carbocycles. The summed E-state index contributed by atoms with van der Waals surface area (Å²) in [5.74, 6) is -0.598. The maximum Gasteiger partial charge on any atom is 0.330 e. The lowest BCUT2D eigenvalue weighted by Gasteiger charge is -2.15. The maximum absolute atomic E-state index is 12.4. The van der Waals surface area contributed by atoms with Crippen molar-refractivity contribution in [2.45, 2.75) is 58.5 Å². The Morgan fingerprint density at radius 2 is 2.00 bits per heavy atom. The summed E-state index contributed by atoms with van der Waals surface area (Å²) in [6.45, 7) is 5.04. The lowest BCUT2D eigenvalue weighted by molar-refractivity contribution is -0.147. The summed E-state index contributed by atoms with van der Waals surface area (Å²) in [5, 5.41) is 0. The van der Waals surface area contributed by atoms with Crippen molar-refractivity contribution >= 4 is 11.8 Å². The predicted octanol–water partition coefficient (Wildman–Crippen LogP) is 1.99. The van der Waals surface area contributed by atoms with E-state index in [9.17, 15) is 19.2 Å². The van der Waals surface area contributed by atoms with E-state index in [-0.39, 0.29) is 18.6 Å². The van der Waals surface area contributed by atoms with Crippen molar-refractivity contribution in [3.05, 3.63) is 80.1 Å². The number of aryl methyl sites for hydroxylation is 2. The van der Waals surface area contributed by atoms with Crippen molar-refractivity contribution in [2.24, 2.45) is 0 Å². The van der Waals surface area contributed by atoms with E-state index in [0.29, 0.717) is 12.0 Å². The van der Waals surface area contributed by atoms with Gasteiger partial charge in [-0.2, -0.15) is 0 Å². The van der Waals surface area contributed by atoms with E-state index in [1.54, 1.807) is 6.08 Å². The Morgan fingerprint density at radius 1 is 1.26 bits per heavy atom. The summed E-state index contributed by atoms with van der Waals surface area (Å²) in [6, 6.07) is 7.64. The molecular weight excluding hydrogens is 400 g/mol. The average molecular weight is 426 g/mol. The zero-order chi connectivity index (χ0) is 22.5. The van der Waals surface area contributed by atoms with Gasteiger partial charge in [0.25, 0.3) is 5.56 Å². The van der Waals surface area contributed by atoms with Gasteiger partial charge in [-0.3, -0.25) is 23.9 Å². The molecule has 1 fully saturated rings. The van der Waals surface area contributed by atoms with Gasteiger partial charge in [0.15, 0.2) is 5.78 Å². The number of rotatable bonds is 7. The first kappa shape index (κ1) is 22.4. The minimum Gasteiger partial charge on any atom is -0.459 e. The first-order chi connectivity index (χ1) is 14.8. The Balaban J connectivity index is 1.79. The molecule has 2 aromatic rings. The van der Waals surface area contributed by atoms with Gasteiger partial charge in [-0.15, -0.1) is 0 Å². The highest BCUT2D eigenvalue weighted by Crippen LogP contribution is 2.31. The zero-order valence-corrected chi connectivity index (χ0v) is 17.8. The molecule has 0 unspecified atom stereocenters. The molecule has 1 aromatic heterocycles. The largest absolute Gasteiger partial charge is 0.459 e. The SMILES string of the molecule is CCc1cn([C@H]2C[C@H](OC(C)=O)[C@@H](/C=C/C(=O)Cc3ccccc3C)O2)c(=O)[nH]c1=O. The van der Waals surface area contributed by atoms with Gasteiger partial charge in [0.05, 0.1) is 0 Å². The number of H-pyrrole nitrogens is 1. The van der Waals surface area contributed by atoms with Crippen LogP contribution in [0.3, 0.4) is 0 Å². The second kappa shape index (κ2) is 9.70. The highest BCUT2D eigenvalue weighted by molar-refractivity contribution is 5.91. The lowest BCUT2D eigenvalue weighted by Crippen LogP contribution is -2.34. The monoisotopic (exact) mass is 426 g/mol. The molecule has 0 bridgehead atoms. The van der Waals surface area contributed by atoms with Gasteiger partial charge in [-0.25, -0.2) is 4.79 Å². The molecule has 1 saturated heterocycles. The summed E-state index contributed by atoms with van der Waals surface area (Å²) in [4.78, 5) is 50.4. The number of carbonyl (C=O) groups excluding carboxylic acids is 2. The second-order valence-corrected chi connectivity index (χ2v) is 7.54. The highest BCUT2D eigenvalue weighted by Gasteiger charge is 2.37. The highest BCUT2D eigenvalue weighted by atomic mass is 16.6. The zero-order valence-electron chi connectivity index (χ0n) is 17.8. The summed E-state index contributed by atoms with van der Waals surface area (Å²) >= 11 is 0. The number of aromatic amines is 1. The van der Waals surface area contributed by atoms with Crippen molar-refractivity contribution < 1.29 is 19.1 Å². The molecular formula is C23H26N2O6. The second-order valence-electron chi connectivity index (χ2n) is 7.54. The van der Waals surface area contributed by atoms with Crippen LogP contribution < -0.4 is 11.2 Å². The molecule has 0 saturated carbocycles. The molecule has 3 atom stereocenters. The number of hydrogen-bond acceptors (Lipinski definition) is 6. The number of nitrogens with zero attached hydrogens (tertiary/aromatic N) is 1. The summed E-state index contributed by atoms with van der Waals surface area (Å²) in [6.07, 6.45) is 3.27. The van der Waals surface area contributed by atoms with Gasteiger partial charge in [-0.05, 0) is 36.6 Å². The molecule has 8 heteroatoms. The van der Waals surface area contributed by atoms with Gasteiger partial charge >= 0.3 is 11.7 Å². The van der Waals surface area contributed by atoms with E-state index in [0.717, 1.165) is 11.1 Å². The Morgan fingerprint density at radius 3 is 2.68 bits per heavy atom. The van der Waals surface area contributed by atoms with E-state index in [2.05, 4.69) is 4.98 Å². The Labute approximate surface area is 179 Å². The normalized spacial score (nSPS) is 20.8. The van der Waals surface area contributed by atoms with Crippen LogP contribution in [0.2, 0.25) is 0 Å². The van der Waals surface area contributed by atoms with E-state index < -0.39 is 35.7 Å². The van der Waals surface area contributed by atoms with Gasteiger partial charge in [-0.1, -0.05) is 31.2 Å². The average Bonchev–Trinajstić information content (AvgIpc) is 3.10. The fraction of sp³-hybridized carbons (Fsp3) is 0.391. The van der Waals surface area contributed by atoms with Crippen molar-refractivity contribution in [1.82, 2.24) is 9.55 Å². The molecule has 164 valence electrons. The molecule has 0 radical (unpaired) electrons. The third-order valence-corrected chi connectivity index (χ3v) is 5.26. The molecule has 1 aliphatic heterocycles. The van der Waals surface area contributed by atoms with Crippen LogP contribution in [-0.2, 0) is 31.9 Å². The number of ketones is 1. The lowest BCUT2D eigenvalue weighted by atomic mass is 10.0. The number of benzene rings is 1. The van der Waals surface area contributed by atoms with E-state index in [1.807, 2.05) is 38.1 Å². The molecule has 0 amide bonds. The van der Waals surface area contributed by atoms with Crippen LogP contribution >= 0.6 is 0 Å². The number of allylic oxidation sites excluding steroid dienone is 1. The Bertz CT molecular complexity index is 1110. The number of hydrogen-bond donors (Lipinski definition) is 1. The summed E-state index contributed by atoms with van der Waals surface area (Å²) < 4.78 is 12.6. The van der Waals surface area contributed by atoms with E-state index in [1.165, 1.54) is 23.8 Å². The minimum absolute atomic E-state index is 0.114. The van der Waals surface area contributed by atoms with Crippen molar-refractivity contribution in [2.75, 3.05) is 0 Å². The smallest absolute Gasteiger partial charge is 0.330 e. The third-order valence-electron chi connectivity index (χ3n) is 5.26. The molecule has 1 aromatic carbocycles. The van der Waals surface area contributed by atoms with Crippen molar-refractivity contribution in [3.63, 3.8) is 0 Å². The summed E-state index contributed by atoms with van der Waals surface area (Å²) in [7, 11) is 0. The first-order valence-corrected chi connectivity index (χ1v) is 10.2. The standard InChI is InChI=1S/C23H26N2O6/c1-4-16-13-25(23(29)24-22(16)28)21-12-20(30-15(3)26)19(31-21)10-9-18(27)11-17-8-6-5-7-14(17)2/h5-10,13,19-21H,4,11-12H2,1-3H3,(H,24,28,29)/b10-9+/t19-,20+,21-/m1/s1. The Hall–Kier alpha value is -3.26. The Kier molecular flexibility index (Phi) is 7.02.